The number of carbonyl (C=O) groups excluding carboxylic acids is 1. The van der Waals surface area contributed by atoms with E-state index in [1.807, 2.05) is 20.8 Å². The molecule has 1 heterocycles. The summed E-state index contributed by atoms with van der Waals surface area (Å²) in [4.78, 5) is 22.8. The summed E-state index contributed by atoms with van der Waals surface area (Å²) in [6.07, 6.45) is 1.17. The lowest BCUT2D eigenvalue weighted by molar-refractivity contribution is -0.154. The van der Waals surface area contributed by atoms with E-state index in [0.29, 0.717) is 12.8 Å². The van der Waals surface area contributed by atoms with Gasteiger partial charge >= 0.3 is 11.9 Å². The maximum Gasteiger partial charge on any atom is 0.310 e. The van der Waals surface area contributed by atoms with Crippen LogP contribution in [0, 0.1) is 17.3 Å². The number of aliphatic carboxylic acids is 1. The van der Waals surface area contributed by atoms with Crippen molar-refractivity contribution in [2.45, 2.75) is 39.2 Å². The van der Waals surface area contributed by atoms with E-state index in [4.69, 9.17) is 4.74 Å². The summed E-state index contributed by atoms with van der Waals surface area (Å²) in [5.41, 5.74) is -0.827. The average molecular weight is 212 g/mol. The number of hydrogen-bond acceptors (Lipinski definition) is 3. The van der Waals surface area contributed by atoms with Crippen molar-refractivity contribution in [3.63, 3.8) is 0 Å². The van der Waals surface area contributed by atoms with Gasteiger partial charge in [-0.15, -0.1) is 0 Å². The maximum absolute atomic E-state index is 11.6. The molecule has 2 rings (SSSR count). The zero-order chi connectivity index (χ0) is 11.4. The molecule has 2 aliphatic rings. The highest BCUT2D eigenvalue weighted by molar-refractivity contribution is 5.84. The van der Waals surface area contributed by atoms with Crippen LogP contribution < -0.4 is 0 Å². The van der Waals surface area contributed by atoms with E-state index >= 15 is 0 Å². The van der Waals surface area contributed by atoms with Crippen molar-refractivity contribution in [3.05, 3.63) is 0 Å². The van der Waals surface area contributed by atoms with Crippen molar-refractivity contribution in [1.29, 1.82) is 0 Å². The second kappa shape index (κ2) is 2.74. The van der Waals surface area contributed by atoms with Crippen molar-refractivity contribution in [2.75, 3.05) is 0 Å². The molecule has 15 heavy (non-hydrogen) atoms. The maximum atomic E-state index is 11.6. The number of rotatable bonds is 1. The molecule has 0 amide bonds. The molecule has 0 aromatic heterocycles. The summed E-state index contributed by atoms with van der Waals surface area (Å²) < 4.78 is 5.29. The number of carbonyl (C=O) groups is 2. The van der Waals surface area contributed by atoms with Gasteiger partial charge in [-0.2, -0.15) is 0 Å². The Bertz CT molecular complexity index is 333. The first-order valence-corrected chi connectivity index (χ1v) is 5.21. The largest absolute Gasteiger partial charge is 0.481 e. The van der Waals surface area contributed by atoms with E-state index in [-0.39, 0.29) is 11.4 Å². The van der Waals surface area contributed by atoms with Crippen LogP contribution in [0.25, 0.3) is 0 Å². The van der Waals surface area contributed by atoms with Crippen LogP contribution in [0.5, 0.6) is 0 Å². The van der Waals surface area contributed by atoms with Crippen molar-refractivity contribution in [1.82, 2.24) is 0 Å². The lowest BCUT2D eigenvalue weighted by Gasteiger charge is -2.41. The zero-order valence-corrected chi connectivity index (χ0v) is 9.24. The predicted octanol–water partition coefficient (Wildman–Crippen LogP) is 1.44. The molecule has 84 valence electrons. The second-order valence-corrected chi connectivity index (χ2v) is 5.66. The molecule has 4 nitrogen and oxygen atoms in total. The van der Waals surface area contributed by atoms with Gasteiger partial charge in [0.25, 0.3) is 0 Å². The Morgan fingerprint density at radius 2 is 2.07 bits per heavy atom. The minimum absolute atomic E-state index is 0.338. The Kier molecular flexibility index (Phi) is 1.91. The third-order valence-corrected chi connectivity index (χ3v) is 3.64. The van der Waals surface area contributed by atoms with E-state index in [2.05, 4.69) is 0 Å². The molecule has 4 heteroatoms. The molecule has 3 atom stereocenters. The molecule has 1 aliphatic carbocycles. The van der Waals surface area contributed by atoms with Crippen LogP contribution in [0.4, 0.5) is 0 Å². The van der Waals surface area contributed by atoms with Crippen LogP contribution in [0.3, 0.4) is 0 Å². The van der Waals surface area contributed by atoms with Gasteiger partial charge in [0.1, 0.15) is 5.60 Å². The lowest BCUT2D eigenvalue weighted by Crippen LogP contribution is -2.45. The molecule has 2 fully saturated rings. The minimum atomic E-state index is -0.883. The normalized spacial score (nSPS) is 42.5. The Morgan fingerprint density at radius 3 is 2.60 bits per heavy atom. The van der Waals surface area contributed by atoms with Crippen molar-refractivity contribution >= 4 is 11.9 Å². The molecule has 0 aromatic carbocycles. The fraction of sp³-hybridized carbons (Fsp3) is 0.818. The van der Waals surface area contributed by atoms with Crippen molar-refractivity contribution < 1.29 is 19.4 Å². The number of hydrogen-bond donors (Lipinski definition) is 1. The summed E-state index contributed by atoms with van der Waals surface area (Å²) in [6, 6.07) is 0. The molecule has 0 radical (unpaired) electrons. The van der Waals surface area contributed by atoms with Crippen LogP contribution in [0.2, 0.25) is 0 Å². The molecular formula is C11H16O4. The number of carboxylic acids is 1. The van der Waals surface area contributed by atoms with Crippen LogP contribution in [-0.2, 0) is 14.3 Å². The Balaban J connectivity index is 2.41. The first-order chi connectivity index (χ1) is 6.75. The topological polar surface area (TPSA) is 63.6 Å². The van der Waals surface area contributed by atoms with Gasteiger partial charge in [-0.3, -0.25) is 9.59 Å². The fourth-order valence-corrected chi connectivity index (χ4v) is 3.40. The van der Waals surface area contributed by atoms with Gasteiger partial charge in [-0.05, 0) is 18.8 Å². The van der Waals surface area contributed by atoms with Crippen LogP contribution in [0.1, 0.15) is 33.6 Å². The van der Waals surface area contributed by atoms with Gasteiger partial charge in [-0.25, -0.2) is 0 Å². The van der Waals surface area contributed by atoms with E-state index in [1.54, 1.807) is 0 Å². The molecular weight excluding hydrogens is 196 g/mol. The average Bonchev–Trinajstić information content (AvgIpc) is 2.19. The molecule has 1 aliphatic heterocycles. The Morgan fingerprint density at radius 1 is 1.47 bits per heavy atom. The summed E-state index contributed by atoms with van der Waals surface area (Å²) in [6.45, 7) is 5.70. The first-order valence-electron chi connectivity index (χ1n) is 5.21. The third-order valence-electron chi connectivity index (χ3n) is 3.64. The van der Waals surface area contributed by atoms with Crippen LogP contribution in [-0.4, -0.2) is 22.6 Å². The molecule has 3 unspecified atom stereocenters. The molecule has 2 bridgehead atoms. The van der Waals surface area contributed by atoms with E-state index in [9.17, 15) is 14.7 Å². The molecule has 1 saturated heterocycles. The van der Waals surface area contributed by atoms with E-state index in [0.717, 1.165) is 0 Å². The second-order valence-electron chi connectivity index (χ2n) is 5.66. The molecule has 0 aromatic rings. The summed E-state index contributed by atoms with van der Waals surface area (Å²) in [7, 11) is 0. The molecule has 0 spiro atoms. The number of fused-ring (bicyclic) bond motifs is 2. The third kappa shape index (κ3) is 1.43. The van der Waals surface area contributed by atoms with Gasteiger partial charge < -0.3 is 9.84 Å². The zero-order valence-electron chi connectivity index (χ0n) is 9.24. The number of ether oxygens (including phenoxy) is 1. The summed E-state index contributed by atoms with van der Waals surface area (Å²) >= 11 is 0. The van der Waals surface area contributed by atoms with E-state index < -0.39 is 23.4 Å². The van der Waals surface area contributed by atoms with Gasteiger partial charge in [0.2, 0.25) is 0 Å². The van der Waals surface area contributed by atoms with Crippen LogP contribution >= 0.6 is 0 Å². The smallest absolute Gasteiger partial charge is 0.310 e. The summed E-state index contributed by atoms with van der Waals surface area (Å²) in [5.74, 6) is -2.29. The highest BCUT2D eigenvalue weighted by atomic mass is 16.6. The minimum Gasteiger partial charge on any atom is -0.481 e. The molecule has 1 saturated carbocycles. The SMILES string of the molecule is CC12CC(C(=O)O1)C(C(=O)O)C(C)(C)C2. The quantitative estimate of drug-likeness (QED) is 0.668. The van der Waals surface area contributed by atoms with Gasteiger partial charge in [0.15, 0.2) is 0 Å². The van der Waals surface area contributed by atoms with E-state index in [1.165, 1.54) is 0 Å². The standard InChI is InChI=1S/C11H16O4/c1-10(2)5-11(3)4-6(9(14)15-11)7(10)8(12)13/h6-7H,4-5H2,1-3H3,(H,12,13). The number of carboxylic acid groups (broad SMARTS) is 1. The van der Waals surface area contributed by atoms with Crippen molar-refractivity contribution in [3.8, 4) is 0 Å². The Labute approximate surface area is 88.6 Å². The van der Waals surface area contributed by atoms with Crippen LogP contribution in [0.15, 0.2) is 0 Å². The van der Waals surface area contributed by atoms with Gasteiger partial charge in [0.05, 0.1) is 11.8 Å². The number of esters is 1. The van der Waals surface area contributed by atoms with Gasteiger partial charge in [0, 0.05) is 6.42 Å². The lowest BCUT2D eigenvalue weighted by atomic mass is 9.60. The fourth-order valence-electron chi connectivity index (χ4n) is 3.40. The molecule has 1 N–H and O–H groups in total. The van der Waals surface area contributed by atoms with Gasteiger partial charge in [-0.1, -0.05) is 13.8 Å². The highest BCUT2D eigenvalue weighted by Crippen LogP contribution is 2.54. The highest BCUT2D eigenvalue weighted by Gasteiger charge is 2.60. The summed E-state index contributed by atoms with van der Waals surface area (Å²) in [5, 5.41) is 9.19. The Hall–Kier alpha value is -1.06. The van der Waals surface area contributed by atoms with Crippen molar-refractivity contribution in [2.24, 2.45) is 17.3 Å². The monoisotopic (exact) mass is 212 g/mol. The first kappa shape index (κ1) is 10.5. The predicted molar refractivity (Wildman–Crippen MR) is 52.1 cm³/mol.